The van der Waals surface area contributed by atoms with E-state index in [0.717, 1.165) is 34.3 Å². The normalized spacial score (nSPS) is 13.1. The van der Waals surface area contributed by atoms with E-state index in [0.29, 0.717) is 83.9 Å². The van der Waals surface area contributed by atoms with Crippen molar-refractivity contribution in [3.63, 3.8) is 0 Å². The summed E-state index contributed by atoms with van der Waals surface area (Å²) in [6.07, 6.45) is 3.79. The van der Waals surface area contributed by atoms with Crippen molar-refractivity contribution in [2.24, 2.45) is 5.73 Å². The smallest absolute Gasteiger partial charge is 0.409 e. The number of amides is 10. The number of likely N-dealkylation sites (N-methyl/N-ethyl adjacent to an activating group) is 1. The van der Waals surface area contributed by atoms with Crippen molar-refractivity contribution >= 4 is 104 Å². The molecule has 3 heterocycles. The van der Waals surface area contributed by atoms with Crippen LogP contribution in [0.2, 0.25) is 0 Å². The molecule has 7 rings (SSSR count). The number of imide groups is 1. The Morgan fingerprint density at radius 1 is 0.759 bits per heavy atom. The number of rotatable bonds is 20. The lowest BCUT2D eigenvalue weighted by Gasteiger charge is -2.31. The number of halogens is 1. The van der Waals surface area contributed by atoms with Crippen molar-refractivity contribution in [2.45, 2.75) is 72.3 Å². The molecule has 2 aliphatic rings. The maximum Gasteiger partial charge on any atom is 0.415 e. The van der Waals surface area contributed by atoms with Crippen LogP contribution >= 0.6 is 11.6 Å². The van der Waals surface area contributed by atoms with Gasteiger partial charge in [0.1, 0.15) is 17.5 Å². The van der Waals surface area contributed by atoms with Crippen molar-refractivity contribution in [1.82, 2.24) is 41.0 Å². The molecule has 0 saturated carbocycles. The molecule has 424 valence electrons. The Balaban J connectivity index is 0.00000222. The van der Waals surface area contributed by atoms with E-state index in [1.807, 2.05) is 31.3 Å². The van der Waals surface area contributed by atoms with Gasteiger partial charge in [-0.3, -0.25) is 38.5 Å². The lowest BCUT2D eigenvalue weighted by atomic mass is 10.0. The van der Waals surface area contributed by atoms with E-state index in [1.54, 1.807) is 52.3 Å². The number of aromatic amines is 1. The van der Waals surface area contributed by atoms with Gasteiger partial charge in [-0.05, 0) is 92.2 Å². The minimum absolute atomic E-state index is 0.102. The Morgan fingerprint density at radius 3 is 2.10 bits per heavy atom. The van der Waals surface area contributed by atoms with Crippen molar-refractivity contribution in [2.75, 3.05) is 94.4 Å². The number of primary amides is 1. The molecule has 0 spiro atoms. The summed E-state index contributed by atoms with van der Waals surface area (Å²) in [5.41, 5.74) is 9.00. The summed E-state index contributed by atoms with van der Waals surface area (Å²) in [6, 6.07) is 20.9. The number of carbonyl (C=O) groups is 9. The second-order valence-corrected chi connectivity index (χ2v) is 18.9. The number of alkyl halides is 1. The number of H-pyrrole nitrogens is 1. The minimum Gasteiger partial charge on any atom is -0.409 e. The Morgan fingerprint density at radius 2 is 1.43 bits per heavy atom. The molecule has 4 aromatic carbocycles. The largest absolute Gasteiger partial charge is 0.415 e. The number of fused-ring (bicyclic) bond motifs is 4. The fourth-order valence-corrected chi connectivity index (χ4v) is 8.83. The first kappa shape index (κ1) is 61.8. The molecule has 0 unspecified atom stereocenters. The average Bonchev–Trinajstić information content (AvgIpc) is 4.09. The van der Waals surface area contributed by atoms with Gasteiger partial charge in [0.2, 0.25) is 29.5 Å². The van der Waals surface area contributed by atoms with E-state index in [-0.39, 0.29) is 57.4 Å². The molecule has 23 heteroatoms. The molecule has 10 amide bonds. The Hall–Kier alpha value is -8.08. The highest BCUT2D eigenvalue weighted by Crippen LogP contribution is 2.41. The van der Waals surface area contributed by atoms with E-state index < -0.39 is 47.7 Å². The lowest BCUT2D eigenvalue weighted by molar-refractivity contribution is -0.142. The highest BCUT2D eigenvalue weighted by molar-refractivity contribution is 6.15. The van der Waals surface area contributed by atoms with Crippen LogP contribution in [0.4, 0.5) is 26.7 Å². The monoisotopic (exact) mass is 1110 g/mol. The van der Waals surface area contributed by atoms with Gasteiger partial charge >= 0.3 is 12.1 Å². The molecule has 0 radical (unpaired) electrons. The summed E-state index contributed by atoms with van der Waals surface area (Å²) >= 11 is 4.64. The van der Waals surface area contributed by atoms with Crippen molar-refractivity contribution < 1.29 is 47.9 Å². The van der Waals surface area contributed by atoms with Gasteiger partial charge in [-0.2, -0.15) is 0 Å². The summed E-state index contributed by atoms with van der Waals surface area (Å²) in [6.45, 7) is 10.4. The third-order valence-corrected chi connectivity index (χ3v) is 12.8. The van der Waals surface area contributed by atoms with Crippen LogP contribution in [-0.2, 0) is 30.4 Å². The van der Waals surface area contributed by atoms with E-state index in [2.05, 4.69) is 67.2 Å². The molecule has 1 atom stereocenters. The fraction of sp³-hybridized carbons (Fsp3) is 0.411. The topological polar surface area (TPSA) is 290 Å². The minimum atomic E-state index is -1.01. The predicted octanol–water partition coefficient (Wildman–Crippen LogP) is 5.55. The molecule has 1 saturated heterocycles. The third kappa shape index (κ3) is 18.0. The second-order valence-electron chi connectivity index (χ2n) is 18.9. The molecule has 22 nitrogen and oxygen atoms in total. The number of benzene rings is 4. The first-order valence-corrected chi connectivity index (χ1v) is 27.0. The molecule has 9 N–H and O–H groups in total. The SMILES string of the molecule is CC(=O)N(CCCC(=O)NCCNCC(=O)N[C@@H](CCCNC(N)=O)C(=O)Nc1ccc(C(=O)Nc2ccc3[nH]c(C(=O)N4CCc5c4cc(OC(=O)N4CCN(C)CC4)c4ccccc54)cc3c2)cc1)C(C)=O.CCC.CCl. The second kappa shape index (κ2) is 30.8. The third-order valence-electron chi connectivity index (χ3n) is 12.8. The quantitative estimate of drug-likeness (QED) is 0.0352. The molecular formula is C56H73ClN12O10. The Labute approximate surface area is 464 Å². The van der Waals surface area contributed by atoms with Gasteiger partial charge in [-0.1, -0.05) is 44.5 Å². The van der Waals surface area contributed by atoms with E-state index in [4.69, 9.17) is 10.5 Å². The molecule has 1 aromatic heterocycles. The fourth-order valence-electron chi connectivity index (χ4n) is 8.83. The van der Waals surface area contributed by atoms with Crippen LogP contribution in [0.25, 0.3) is 21.7 Å². The summed E-state index contributed by atoms with van der Waals surface area (Å²) in [5, 5.41) is 18.8. The number of hydrogen-bond donors (Lipinski definition) is 8. The zero-order chi connectivity index (χ0) is 57.6. The number of nitrogens with zero attached hydrogens (tertiary/aromatic N) is 4. The summed E-state index contributed by atoms with van der Waals surface area (Å²) < 4.78 is 6.01. The number of hydrogen-bond acceptors (Lipinski definition) is 12. The maximum atomic E-state index is 14.2. The van der Waals surface area contributed by atoms with Gasteiger partial charge in [0.15, 0.2) is 0 Å². The number of nitrogens with two attached hydrogens (primary N) is 1. The van der Waals surface area contributed by atoms with Crippen LogP contribution in [0.1, 0.15) is 86.2 Å². The van der Waals surface area contributed by atoms with Crippen LogP contribution in [-0.4, -0.2) is 158 Å². The summed E-state index contributed by atoms with van der Waals surface area (Å²) in [4.78, 5) is 124. The number of piperazine rings is 1. The number of ether oxygens (including phenoxy) is 1. The molecular weight excluding hydrogens is 1040 g/mol. The zero-order valence-electron chi connectivity index (χ0n) is 45.7. The maximum absolute atomic E-state index is 14.2. The van der Waals surface area contributed by atoms with Gasteiger partial charge in [-0.15, -0.1) is 11.6 Å². The Kier molecular flexibility index (Phi) is 24.0. The van der Waals surface area contributed by atoms with Gasteiger partial charge in [0.05, 0.1) is 12.2 Å². The highest BCUT2D eigenvalue weighted by atomic mass is 35.5. The molecule has 0 aliphatic carbocycles. The predicted molar refractivity (Wildman–Crippen MR) is 305 cm³/mol. The number of nitrogens with one attached hydrogen (secondary N) is 7. The van der Waals surface area contributed by atoms with Gasteiger partial charge in [-0.25, -0.2) is 9.59 Å². The first-order valence-electron chi connectivity index (χ1n) is 26.3. The van der Waals surface area contributed by atoms with Crippen LogP contribution in [0.3, 0.4) is 0 Å². The highest BCUT2D eigenvalue weighted by Gasteiger charge is 2.31. The van der Waals surface area contributed by atoms with E-state index >= 15 is 0 Å². The van der Waals surface area contributed by atoms with Crippen LogP contribution in [0.5, 0.6) is 5.75 Å². The van der Waals surface area contributed by atoms with Gasteiger partial charge in [0, 0.05) is 125 Å². The summed E-state index contributed by atoms with van der Waals surface area (Å²) in [5.74, 6) is -2.40. The van der Waals surface area contributed by atoms with Gasteiger partial charge in [0.25, 0.3) is 11.8 Å². The van der Waals surface area contributed by atoms with Crippen molar-refractivity contribution in [3.05, 3.63) is 95.7 Å². The van der Waals surface area contributed by atoms with Crippen molar-refractivity contribution in [3.8, 4) is 5.75 Å². The number of carbonyl (C=O) groups excluding carboxylic acids is 9. The Bertz CT molecular complexity index is 2950. The standard InChI is InChI=1S/C52H62N12O10.C3H8.CH3Cl/c1-32(65)63(33(2)66)22-7-11-46(67)55-21-20-54-31-47(68)60-42(10-6-19-56-51(53)72)49(70)57-36-14-12-34(13-15-36)48(69)58-37-16-17-41-35(28-37)29-43(59-41)50(71)64-23-18-39-38-8-4-5-9-40(38)45(30-44(39)64)74-52(73)62-26-24-61(3)25-27-62;1-3-2;1-2/h4-5,8-9,12-17,28-30,42,54,59H,6-7,10-11,18-27,31H2,1-3H3,(H,55,67)(H,57,70)(H,58,69)(H,60,68)(H3,53,56,72);3H2,1-2H3;1H3/t42-;;/m0../s1. The molecule has 1 fully saturated rings. The molecule has 0 bridgehead atoms. The van der Waals surface area contributed by atoms with Crippen LogP contribution in [0.15, 0.2) is 78.9 Å². The zero-order valence-corrected chi connectivity index (χ0v) is 46.5. The molecule has 79 heavy (non-hydrogen) atoms. The first-order chi connectivity index (χ1) is 38.0. The molecule has 5 aromatic rings. The van der Waals surface area contributed by atoms with E-state index in [9.17, 15) is 43.2 Å². The number of urea groups is 1. The molecule has 2 aliphatic heterocycles. The number of anilines is 3. The average molecular weight is 1110 g/mol. The van der Waals surface area contributed by atoms with Crippen molar-refractivity contribution in [1.29, 1.82) is 0 Å². The summed E-state index contributed by atoms with van der Waals surface area (Å²) in [7, 11) is 2.01. The van der Waals surface area contributed by atoms with Crippen LogP contribution < -0.4 is 47.3 Å². The lowest BCUT2D eigenvalue weighted by Crippen LogP contribution is -2.48. The van der Waals surface area contributed by atoms with Crippen LogP contribution in [0, 0.1) is 0 Å². The van der Waals surface area contributed by atoms with Gasteiger partial charge < -0.3 is 62.1 Å². The van der Waals surface area contributed by atoms with E-state index in [1.165, 1.54) is 38.8 Å². The number of aromatic nitrogens is 1.